The molecule has 192 valence electrons. The second kappa shape index (κ2) is 14.8. The molecule has 0 saturated carbocycles. The van der Waals surface area contributed by atoms with Crippen molar-refractivity contribution in [3.8, 4) is 11.1 Å². The molecule has 3 aromatic rings. The first-order valence-corrected chi connectivity index (χ1v) is 12.4. The minimum atomic E-state index is -0.313. The van der Waals surface area contributed by atoms with Crippen molar-refractivity contribution in [2.24, 2.45) is 0 Å². The molecule has 1 heterocycles. The number of aromatic nitrogens is 1. The number of nitrogens with zero attached hydrogens (tertiary/aromatic N) is 2. The van der Waals surface area contributed by atoms with Gasteiger partial charge in [-0.05, 0) is 49.9 Å². The highest BCUT2D eigenvalue weighted by Crippen LogP contribution is 2.20. The van der Waals surface area contributed by atoms with Gasteiger partial charge in [0.2, 0.25) is 5.89 Å². The molecular weight excluding hydrogens is 458 g/mol. The lowest BCUT2D eigenvalue weighted by Crippen LogP contribution is -2.32. The molecule has 0 aliphatic rings. The summed E-state index contributed by atoms with van der Waals surface area (Å²) in [5.41, 5.74) is 2.90. The summed E-state index contributed by atoms with van der Waals surface area (Å²) in [4.78, 5) is 31.7. The quantitative estimate of drug-likeness (QED) is 0.312. The van der Waals surface area contributed by atoms with Crippen molar-refractivity contribution in [2.75, 3.05) is 39.5 Å². The largest absolute Gasteiger partial charge is 0.446 e. The number of amides is 2. The van der Waals surface area contributed by atoms with E-state index in [-0.39, 0.29) is 24.1 Å². The molecule has 36 heavy (non-hydrogen) atoms. The third kappa shape index (κ3) is 8.32. The Kier molecular flexibility index (Phi) is 11.1. The summed E-state index contributed by atoms with van der Waals surface area (Å²) >= 11 is 0. The molecule has 0 aliphatic carbocycles. The van der Waals surface area contributed by atoms with Gasteiger partial charge in [0.1, 0.15) is 6.26 Å². The van der Waals surface area contributed by atoms with Gasteiger partial charge in [0.05, 0.1) is 6.54 Å². The predicted octanol–water partition coefficient (Wildman–Crippen LogP) is 4.57. The van der Waals surface area contributed by atoms with E-state index in [0.29, 0.717) is 57.4 Å². The molecule has 0 spiro atoms. The zero-order valence-corrected chi connectivity index (χ0v) is 21.1. The van der Waals surface area contributed by atoms with E-state index in [1.165, 1.54) is 6.26 Å². The van der Waals surface area contributed by atoms with Gasteiger partial charge < -0.3 is 24.1 Å². The van der Waals surface area contributed by atoms with E-state index in [0.717, 1.165) is 17.5 Å². The highest BCUT2D eigenvalue weighted by atomic mass is 16.5. The molecule has 0 bridgehead atoms. The maximum atomic E-state index is 13.4. The summed E-state index contributed by atoms with van der Waals surface area (Å²) in [6.07, 6.45) is 2.72. The van der Waals surface area contributed by atoms with Crippen molar-refractivity contribution in [1.82, 2.24) is 15.2 Å². The summed E-state index contributed by atoms with van der Waals surface area (Å²) in [6, 6.07) is 17.6. The van der Waals surface area contributed by atoms with Gasteiger partial charge in [0, 0.05) is 45.1 Å². The SMILES string of the molecule is CCOCCCNC(=O)c1coc(CN(CCCOCC)C(=O)c2ccc(-c3ccccc3)cc2)n1. The maximum Gasteiger partial charge on any atom is 0.273 e. The first-order valence-electron chi connectivity index (χ1n) is 12.4. The second-order valence-corrected chi connectivity index (χ2v) is 8.15. The zero-order chi connectivity index (χ0) is 25.6. The van der Waals surface area contributed by atoms with Crippen LogP contribution in [0.1, 0.15) is 53.4 Å². The molecule has 0 unspecified atom stereocenters. The lowest BCUT2D eigenvalue weighted by Gasteiger charge is -2.21. The average Bonchev–Trinajstić information content (AvgIpc) is 3.39. The van der Waals surface area contributed by atoms with Crippen LogP contribution in [0.2, 0.25) is 0 Å². The van der Waals surface area contributed by atoms with Gasteiger partial charge in [-0.2, -0.15) is 0 Å². The molecule has 1 N–H and O–H groups in total. The first-order chi connectivity index (χ1) is 17.6. The third-order valence-corrected chi connectivity index (χ3v) is 5.51. The van der Waals surface area contributed by atoms with E-state index >= 15 is 0 Å². The smallest absolute Gasteiger partial charge is 0.273 e. The summed E-state index contributed by atoms with van der Waals surface area (Å²) in [5.74, 6) is -0.140. The van der Waals surface area contributed by atoms with E-state index < -0.39 is 0 Å². The molecule has 8 nitrogen and oxygen atoms in total. The number of hydrogen-bond donors (Lipinski definition) is 1. The summed E-state index contributed by atoms with van der Waals surface area (Å²) in [6.45, 7) is 7.40. The average molecular weight is 494 g/mol. The molecule has 0 radical (unpaired) electrons. The maximum absolute atomic E-state index is 13.4. The molecule has 2 amide bonds. The Balaban J connectivity index is 1.65. The van der Waals surface area contributed by atoms with E-state index in [9.17, 15) is 9.59 Å². The zero-order valence-electron chi connectivity index (χ0n) is 21.1. The number of carbonyl (C=O) groups excluding carboxylic acids is 2. The van der Waals surface area contributed by atoms with Gasteiger partial charge in [-0.15, -0.1) is 0 Å². The highest BCUT2D eigenvalue weighted by molar-refractivity contribution is 5.95. The topological polar surface area (TPSA) is 93.9 Å². The third-order valence-electron chi connectivity index (χ3n) is 5.51. The Morgan fingerprint density at radius 2 is 1.58 bits per heavy atom. The number of hydrogen-bond acceptors (Lipinski definition) is 6. The first kappa shape index (κ1) is 27.1. The Morgan fingerprint density at radius 1 is 0.917 bits per heavy atom. The molecular formula is C28H35N3O5. The van der Waals surface area contributed by atoms with Crippen LogP contribution >= 0.6 is 0 Å². The summed E-state index contributed by atoms with van der Waals surface area (Å²) in [5, 5.41) is 2.80. The van der Waals surface area contributed by atoms with E-state index in [4.69, 9.17) is 13.9 Å². The monoisotopic (exact) mass is 493 g/mol. The van der Waals surface area contributed by atoms with E-state index in [1.807, 2.05) is 68.4 Å². The number of ether oxygens (including phenoxy) is 2. The van der Waals surface area contributed by atoms with Gasteiger partial charge in [0.15, 0.2) is 5.69 Å². The lowest BCUT2D eigenvalue weighted by atomic mass is 10.0. The van der Waals surface area contributed by atoms with Crippen LogP contribution in [-0.2, 0) is 16.0 Å². The van der Waals surface area contributed by atoms with Crippen molar-refractivity contribution in [2.45, 2.75) is 33.2 Å². The Hall–Kier alpha value is -3.49. The number of oxazole rings is 1. The predicted molar refractivity (Wildman–Crippen MR) is 138 cm³/mol. The Bertz CT molecular complexity index is 1070. The number of rotatable bonds is 15. The van der Waals surface area contributed by atoms with E-state index in [2.05, 4.69) is 10.3 Å². The second-order valence-electron chi connectivity index (χ2n) is 8.15. The van der Waals surface area contributed by atoms with Crippen LogP contribution in [0.15, 0.2) is 65.3 Å². The van der Waals surface area contributed by atoms with Crippen LogP contribution < -0.4 is 5.32 Å². The fourth-order valence-electron chi connectivity index (χ4n) is 3.63. The fourth-order valence-corrected chi connectivity index (χ4v) is 3.63. The molecule has 1 aromatic heterocycles. The minimum absolute atomic E-state index is 0.133. The molecule has 3 rings (SSSR count). The number of carbonyl (C=O) groups is 2. The molecule has 0 fully saturated rings. The van der Waals surface area contributed by atoms with Crippen molar-refractivity contribution in [3.05, 3.63) is 78.0 Å². The van der Waals surface area contributed by atoms with Crippen LogP contribution in [0.3, 0.4) is 0 Å². The van der Waals surface area contributed by atoms with Crippen molar-refractivity contribution in [3.63, 3.8) is 0 Å². The fraction of sp³-hybridized carbons (Fsp3) is 0.393. The molecule has 0 saturated heterocycles. The summed E-state index contributed by atoms with van der Waals surface area (Å²) < 4.78 is 16.2. The van der Waals surface area contributed by atoms with Gasteiger partial charge in [-0.25, -0.2) is 4.98 Å². The van der Waals surface area contributed by atoms with Gasteiger partial charge >= 0.3 is 0 Å². The molecule has 8 heteroatoms. The van der Waals surface area contributed by atoms with Gasteiger partial charge in [-0.3, -0.25) is 9.59 Å². The van der Waals surface area contributed by atoms with E-state index in [1.54, 1.807) is 4.90 Å². The summed E-state index contributed by atoms with van der Waals surface area (Å²) in [7, 11) is 0. The number of benzene rings is 2. The standard InChI is InChI=1S/C28H35N3O5/c1-3-34-18-8-16-29-27(32)25-21-36-26(30-25)20-31(17-9-19-35-4-2)28(33)24-14-12-23(13-15-24)22-10-6-5-7-11-22/h5-7,10-15,21H,3-4,8-9,16-20H2,1-2H3,(H,29,32). The molecule has 0 aliphatic heterocycles. The van der Waals surface area contributed by atoms with Crippen molar-refractivity contribution < 1.29 is 23.5 Å². The van der Waals surface area contributed by atoms with Crippen LogP contribution in [-0.4, -0.2) is 61.2 Å². The van der Waals surface area contributed by atoms with Crippen LogP contribution in [0.5, 0.6) is 0 Å². The number of nitrogens with one attached hydrogen (secondary N) is 1. The Morgan fingerprint density at radius 3 is 2.28 bits per heavy atom. The Labute approximate surface area is 212 Å². The minimum Gasteiger partial charge on any atom is -0.446 e. The normalized spacial score (nSPS) is 10.8. The van der Waals surface area contributed by atoms with Gasteiger partial charge in [-0.1, -0.05) is 42.5 Å². The van der Waals surface area contributed by atoms with Crippen LogP contribution in [0.4, 0.5) is 0 Å². The van der Waals surface area contributed by atoms with Crippen LogP contribution in [0.25, 0.3) is 11.1 Å². The molecule has 0 atom stereocenters. The highest BCUT2D eigenvalue weighted by Gasteiger charge is 2.20. The van der Waals surface area contributed by atoms with Crippen molar-refractivity contribution >= 4 is 11.8 Å². The molecule has 2 aromatic carbocycles. The lowest BCUT2D eigenvalue weighted by molar-refractivity contribution is 0.0695. The van der Waals surface area contributed by atoms with Crippen molar-refractivity contribution in [1.29, 1.82) is 0 Å². The van der Waals surface area contributed by atoms with Gasteiger partial charge in [0.25, 0.3) is 11.8 Å². The van der Waals surface area contributed by atoms with Crippen LogP contribution in [0, 0.1) is 0 Å².